The summed E-state index contributed by atoms with van der Waals surface area (Å²) in [6.45, 7) is 5.77. The van der Waals surface area contributed by atoms with Gasteiger partial charge in [-0.3, -0.25) is 0 Å². The molecule has 0 spiro atoms. The summed E-state index contributed by atoms with van der Waals surface area (Å²) in [6.07, 6.45) is 2.78. The van der Waals surface area contributed by atoms with Crippen LogP contribution in [0.15, 0.2) is 18.2 Å². The number of hydrogen-bond donors (Lipinski definition) is 1. The Morgan fingerprint density at radius 2 is 2.06 bits per heavy atom. The highest BCUT2D eigenvalue weighted by molar-refractivity contribution is 5.55. The molecule has 1 atom stereocenters. The molecule has 3 heteroatoms. The lowest BCUT2D eigenvalue weighted by atomic mass is 9.93. The molecule has 2 rings (SSSR count). The summed E-state index contributed by atoms with van der Waals surface area (Å²) in [6, 6.07) is 5.06. The van der Waals surface area contributed by atoms with E-state index in [-0.39, 0.29) is 5.82 Å². The highest BCUT2D eigenvalue weighted by Crippen LogP contribution is 2.32. The van der Waals surface area contributed by atoms with E-state index in [1.54, 1.807) is 13.0 Å². The Bertz CT molecular complexity index is 397. The Labute approximate surface area is 108 Å². The van der Waals surface area contributed by atoms with Gasteiger partial charge in [0.1, 0.15) is 5.82 Å². The highest BCUT2D eigenvalue weighted by atomic mass is 19.1. The van der Waals surface area contributed by atoms with Crippen molar-refractivity contribution in [1.29, 1.82) is 0 Å². The molecule has 0 amide bonds. The molecule has 0 aromatic heterocycles. The second-order valence-electron chi connectivity index (χ2n) is 5.19. The molecule has 100 valence electrons. The van der Waals surface area contributed by atoms with Crippen LogP contribution < -0.4 is 4.90 Å². The van der Waals surface area contributed by atoms with Crippen molar-refractivity contribution in [3.63, 3.8) is 0 Å². The van der Waals surface area contributed by atoms with Gasteiger partial charge in [0.05, 0.1) is 6.10 Å². The number of hydrogen-bond acceptors (Lipinski definition) is 2. The lowest BCUT2D eigenvalue weighted by molar-refractivity contribution is 0.194. The van der Waals surface area contributed by atoms with Crippen LogP contribution in [0.2, 0.25) is 0 Å². The second-order valence-corrected chi connectivity index (χ2v) is 5.19. The van der Waals surface area contributed by atoms with Crippen LogP contribution in [-0.4, -0.2) is 18.2 Å². The Morgan fingerprint density at radius 1 is 1.39 bits per heavy atom. The minimum absolute atomic E-state index is 0.305. The lowest BCUT2D eigenvalue weighted by Gasteiger charge is -2.35. The van der Waals surface area contributed by atoms with Crippen LogP contribution in [-0.2, 0) is 0 Å². The van der Waals surface area contributed by atoms with E-state index in [9.17, 15) is 9.50 Å². The zero-order valence-electron chi connectivity index (χ0n) is 11.2. The summed E-state index contributed by atoms with van der Waals surface area (Å²) in [5.74, 6) is 0.491. The fourth-order valence-electron chi connectivity index (χ4n) is 2.80. The van der Waals surface area contributed by atoms with Crippen LogP contribution in [0.1, 0.15) is 44.8 Å². The van der Waals surface area contributed by atoms with Crippen LogP contribution in [0.4, 0.5) is 10.1 Å². The predicted molar refractivity (Wildman–Crippen MR) is 72.3 cm³/mol. The van der Waals surface area contributed by atoms with E-state index in [1.807, 2.05) is 6.07 Å². The average Bonchev–Trinajstić information content (AvgIpc) is 2.38. The number of piperidine rings is 1. The second kappa shape index (κ2) is 5.70. The van der Waals surface area contributed by atoms with Gasteiger partial charge in [0.2, 0.25) is 0 Å². The Balaban J connectivity index is 2.21. The smallest absolute Gasteiger partial charge is 0.131 e. The van der Waals surface area contributed by atoms with Gasteiger partial charge in [-0.05, 0) is 37.8 Å². The molecule has 2 nitrogen and oxygen atoms in total. The Kier molecular flexibility index (Phi) is 4.23. The quantitative estimate of drug-likeness (QED) is 0.888. The first-order chi connectivity index (χ1) is 8.63. The SMILES string of the molecule is CCC1CCN(c2cccc(F)c2[C@H](C)O)CC1. The molecule has 1 aromatic rings. The van der Waals surface area contributed by atoms with Crippen molar-refractivity contribution in [2.24, 2.45) is 5.92 Å². The molecule has 0 bridgehead atoms. The lowest BCUT2D eigenvalue weighted by Crippen LogP contribution is -2.34. The van der Waals surface area contributed by atoms with Crippen molar-refractivity contribution in [2.75, 3.05) is 18.0 Å². The van der Waals surface area contributed by atoms with Gasteiger partial charge in [-0.25, -0.2) is 4.39 Å². The molecule has 0 unspecified atom stereocenters. The summed E-state index contributed by atoms with van der Waals surface area (Å²) < 4.78 is 13.8. The largest absolute Gasteiger partial charge is 0.389 e. The molecule has 1 fully saturated rings. The first-order valence-corrected chi connectivity index (χ1v) is 6.85. The molecule has 0 saturated carbocycles. The van der Waals surface area contributed by atoms with Gasteiger partial charge in [-0.1, -0.05) is 19.4 Å². The van der Waals surface area contributed by atoms with E-state index >= 15 is 0 Å². The molecular formula is C15H22FNO. The van der Waals surface area contributed by atoms with Gasteiger partial charge in [0.25, 0.3) is 0 Å². The van der Waals surface area contributed by atoms with Crippen LogP contribution >= 0.6 is 0 Å². The number of benzene rings is 1. The minimum Gasteiger partial charge on any atom is -0.389 e. The third-order valence-electron chi connectivity index (χ3n) is 3.98. The standard InChI is InChI=1S/C15H22FNO/c1-3-12-7-9-17(10-8-12)14-6-4-5-13(16)15(14)11(2)18/h4-6,11-12,18H,3,7-10H2,1-2H3/t11-/m0/s1. The third kappa shape index (κ3) is 2.66. The van der Waals surface area contributed by atoms with Gasteiger partial charge < -0.3 is 10.0 Å². The molecule has 0 aliphatic carbocycles. The molecular weight excluding hydrogens is 229 g/mol. The molecule has 1 N–H and O–H groups in total. The van der Waals surface area contributed by atoms with Crippen molar-refractivity contribution < 1.29 is 9.50 Å². The summed E-state index contributed by atoms with van der Waals surface area (Å²) in [7, 11) is 0. The van der Waals surface area contributed by atoms with Crippen LogP contribution in [0, 0.1) is 11.7 Å². The first kappa shape index (κ1) is 13.3. The van der Waals surface area contributed by atoms with E-state index in [1.165, 1.54) is 12.5 Å². The van der Waals surface area contributed by atoms with E-state index in [2.05, 4.69) is 11.8 Å². The average molecular weight is 251 g/mol. The topological polar surface area (TPSA) is 23.5 Å². The van der Waals surface area contributed by atoms with E-state index < -0.39 is 6.10 Å². The number of aliphatic hydroxyl groups excluding tert-OH is 1. The van der Waals surface area contributed by atoms with Crippen molar-refractivity contribution in [1.82, 2.24) is 0 Å². The monoisotopic (exact) mass is 251 g/mol. The maximum absolute atomic E-state index is 13.8. The van der Waals surface area contributed by atoms with Gasteiger partial charge in [-0.2, -0.15) is 0 Å². The van der Waals surface area contributed by atoms with Gasteiger partial charge in [-0.15, -0.1) is 0 Å². The number of rotatable bonds is 3. The van der Waals surface area contributed by atoms with E-state index in [0.29, 0.717) is 5.56 Å². The van der Waals surface area contributed by atoms with Crippen LogP contribution in [0.25, 0.3) is 0 Å². The number of halogens is 1. The Hall–Kier alpha value is -1.09. The normalized spacial score (nSPS) is 19.0. The molecule has 1 aromatic carbocycles. The number of aliphatic hydroxyl groups is 1. The predicted octanol–water partition coefficient (Wildman–Crippen LogP) is 3.51. The van der Waals surface area contributed by atoms with E-state index in [0.717, 1.165) is 37.5 Å². The van der Waals surface area contributed by atoms with Crippen LogP contribution in [0.3, 0.4) is 0 Å². The fourth-order valence-corrected chi connectivity index (χ4v) is 2.80. The fraction of sp³-hybridized carbons (Fsp3) is 0.600. The zero-order valence-corrected chi connectivity index (χ0v) is 11.2. The minimum atomic E-state index is -0.759. The van der Waals surface area contributed by atoms with Gasteiger partial charge in [0, 0.05) is 24.3 Å². The van der Waals surface area contributed by atoms with Crippen molar-refractivity contribution in [3.8, 4) is 0 Å². The molecule has 0 radical (unpaired) electrons. The molecule has 1 saturated heterocycles. The summed E-state index contributed by atoms with van der Waals surface area (Å²) in [5.41, 5.74) is 1.30. The first-order valence-electron chi connectivity index (χ1n) is 6.85. The molecule has 1 aliphatic rings. The van der Waals surface area contributed by atoms with Gasteiger partial charge in [0.15, 0.2) is 0 Å². The molecule has 1 heterocycles. The summed E-state index contributed by atoms with van der Waals surface area (Å²) in [4.78, 5) is 2.21. The van der Waals surface area contributed by atoms with Gasteiger partial charge >= 0.3 is 0 Å². The molecule has 1 aliphatic heterocycles. The van der Waals surface area contributed by atoms with Crippen molar-refractivity contribution in [3.05, 3.63) is 29.6 Å². The highest BCUT2D eigenvalue weighted by Gasteiger charge is 2.22. The van der Waals surface area contributed by atoms with Crippen molar-refractivity contribution in [2.45, 2.75) is 39.2 Å². The number of nitrogens with zero attached hydrogens (tertiary/aromatic N) is 1. The maximum Gasteiger partial charge on any atom is 0.131 e. The van der Waals surface area contributed by atoms with Crippen molar-refractivity contribution >= 4 is 5.69 Å². The zero-order chi connectivity index (χ0) is 13.1. The third-order valence-corrected chi connectivity index (χ3v) is 3.98. The summed E-state index contributed by atoms with van der Waals surface area (Å²) >= 11 is 0. The molecule has 18 heavy (non-hydrogen) atoms. The van der Waals surface area contributed by atoms with Crippen LogP contribution in [0.5, 0.6) is 0 Å². The summed E-state index contributed by atoms with van der Waals surface area (Å²) in [5, 5.41) is 9.75. The van der Waals surface area contributed by atoms with E-state index in [4.69, 9.17) is 0 Å². The Morgan fingerprint density at radius 3 is 2.61 bits per heavy atom. The maximum atomic E-state index is 13.8. The number of anilines is 1.